The van der Waals surface area contributed by atoms with Crippen LogP contribution in [0.25, 0.3) is 0 Å². The predicted octanol–water partition coefficient (Wildman–Crippen LogP) is 1.97. The number of benzene rings is 1. The van der Waals surface area contributed by atoms with Crippen molar-refractivity contribution in [2.75, 3.05) is 6.54 Å². The molecule has 1 aromatic carbocycles. The van der Waals surface area contributed by atoms with Crippen LogP contribution in [0.4, 0.5) is 0 Å². The molecule has 1 aromatic rings. The van der Waals surface area contributed by atoms with Gasteiger partial charge in [0.25, 0.3) is 5.91 Å². The van der Waals surface area contributed by atoms with Crippen molar-refractivity contribution in [1.29, 1.82) is 0 Å². The fraction of sp³-hybridized carbons (Fsp3) is 0.417. The van der Waals surface area contributed by atoms with E-state index in [1.807, 2.05) is 18.2 Å². The van der Waals surface area contributed by atoms with E-state index in [-0.39, 0.29) is 5.91 Å². The van der Waals surface area contributed by atoms with Crippen molar-refractivity contribution in [2.24, 2.45) is 5.92 Å². The van der Waals surface area contributed by atoms with E-state index in [4.69, 9.17) is 0 Å². The Bertz CT molecular complexity index is 298. The molecule has 82 valence electrons. The van der Waals surface area contributed by atoms with E-state index in [9.17, 15) is 4.79 Å². The highest BCUT2D eigenvalue weighted by atomic mass is 16.2. The second-order valence-corrected chi connectivity index (χ2v) is 3.71. The summed E-state index contributed by atoms with van der Waals surface area (Å²) in [4.78, 5) is 11.5. The number of nitrogens with one attached hydrogen (secondary N) is 2. The van der Waals surface area contributed by atoms with Gasteiger partial charge in [-0.25, -0.2) is 5.43 Å². The Kier molecular flexibility index (Phi) is 4.84. The van der Waals surface area contributed by atoms with Crippen LogP contribution in [0.3, 0.4) is 0 Å². The van der Waals surface area contributed by atoms with Crippen molar-refractivity contribution in [3.8, 4) is 0 Å². The summed E-state index contributed by atoms with van der Waals surface area (Å²) in [7, 11) is 0. The third-order valence-electron chi connectivity index (χ3n) is 2.39. The van der Waals surface area contributed by atoms with Gasteiger partial charge in [-0.2, -0.15) is 0 Å². The summed E-state index contributed by atoms with van der Waals surface area (Å²) >= 11 is 0. The lowest BCUT2D eigenvalue weighted by atomic mass is 10.1. The van der Waals surface area contributed by atoms with E-state index in [0.29, 0.717) is 11.5 Å². The molecular formula is C12H18N2O. The fourth-order valence-corrected chi connectivity index (χ4v) is 1.11. The van der Waals surface area contributed by atoms with Crippen LogP contribution in [0.2, 0.25) is 0 Å². The highest BCUT2D eigenvalue weighted by Crippen LogP contribution is 1.98. The van der Waals surface area contributed by atoms with Gasteiger partial charge in [0.15, 0.2) is 0 Å². The Hall–Kier alpha value is -1.35. The molecule has 3 heteroatoms. The van der Waals surface area contributed by atoms with Gasteiger partial charge in [0.2, 0.25) is 0 Å². The highest BCUT2D eigenvalue weighted by molar-refractivity contribution is 5.93. The fourth-order valence-electron chi connectivity index (χ4n) is 1.11. The standard InChI is InChI=1S/C12H18N2O/c1-3-10(2)9-13-14-12(15)11-7-5-4-6-8-11/h4-8,10,13H,3,9H2,1-2H3,(H,14,15). The first-order chi connectivity index (χ1) is 7.24. The molecule has 0 fully saturated rings. The Morgan fingerprint density at radius 1 is 1.33 bits per heavy atom. The molecule has 2 N–H and O–H groups in total. The van der Waals surface area contributed by atoms with Gasteiger partial charge in [0.1, 0.15) is 0 Å². The smallest absolute Gasteiger partial charge is 0.265 e. The number of hydrazine groups is 1. The van der Waals surface area contributed by atoms with Crippen LogP contribution in [0, 0.1) is 5.92 Å². The average molecular weight is 206 g/mol. The van der Waals surface area contributed by atoms with Gasteiger partial charge in [0.05, 0.1) is 0 Å². The number of hydrogen-bond acceptors (Lipinski definition) is 2. The molecule has 15 heavy (non-hydrogen) atoms. The predicted molar refractivity (Wildman–Crippen MR) is 61.4 cm³/mol. The van der Waals surface area contributed by atoms with Crippen LogP contribution < -0.4 is 10.9 Å². The molecule has 3 nitrogen and oxygen atoms in total. The van der Waals surface area contributed by atoms with Crippen molar-refractivity contribution in [1.82, 2.24) is 10.9 Å². The summed E-state index contributed by atoms with van der Waals surface area (Å²) in [5, 5.41) is 0. The van der Waals surface area contributed by atoms with E-state index in [1.165, 1.54) is 0 Å². The third kappa shape index (κ3) is 4.13. The Labute approximate surface area is 90.9 Å². The van der Waals surface area contributed by atoms with E-state index in [0.717, 1.165) is 13.0 Å². The molecule has 1 unspecified atom stereocenters. The molecule has 0 aliphatic rings. The molecular weight excluding hydrogens is 188 g/mol. The van der Waals surface area contributed by atoms with Crippen molar-refractivity contribution >= 4 is 5.91 Å². The lowest BCUT2D eigenvalue weighted by molar-refractivity contribution is 0.0931. The molecule has 0 saturated heterocycles. The lowest BCUT2D eigenvalue weighted by Gasteiger charge is -2.11. The van der Waals surface area contributed by atoms with Crippen LogP contribution >= 0.6 is 0 Å². The zero-order chi connectivity index (χ0) is 11.1. The number of hydrogen-bond donors (Lipinski definition) is 2. The minimum atomic E-state index is -0.0843. The molecule has 0 aliphatic carbocycles. The van der Waals surface area contributed by atoms with Gasteiger partial charge < -0.3 is 0 Å². The van der Waals surface area contributed by atoms with E-state index < -0.39 is 0 Å². The van der Waals surface area contributed by atoms with Gasteiger partial charge in [-0.3, -0.25) is 10.2 Å². The van der Waals surface area contributed by atoms with Crippen molar-refractivity contribution < 1.29 is 4.79 Å². The highest BCUT2D eigenvalue weighted by Gasteiger charge is 2.03. The Morgan fingerprint density at radius 3 is 2.60 bits per heavy atom. The minimum absolute atomic E-state index is 0.0843. The number of carbonyl (C=O) groups is 1. The maximum Gasteiger partial charge on any atom is 0.265 e. The zero-order valence-corrected chi connectivity index (χ0v) is 9.29. The first kappa shape index (κ1) is 11.7. The summed E-state index contributed by atoms with van der Waals surface area (Å²) in [6.07, 6.45) is 1.11. The molecule has 0 bridgehead atoms. The van der Waals surface area contributed by atoms with Gasteiger partial charge >= 0.3 is 0 Å². The van der Waals surface area contributed by atoms with Crippen LogP contribution in [0.1, 0.15) is 30.6 Å². The Balaban J connectivity index is 2.31. The summed E-state index contributed by atoms with van der Waals surface area (Å²) in [5.74, 6) is 0.486. The number of carbonyl (C=O) groups excluding carboxylic acids is 1. The van der Waals surface area contributed by atoms with Crippen LogP contribution in [-0.4, -0.2) is 12.5 Å². The maximum atomic E-state index is 11.5. The van der Waals surface area contributed by atoms with Gasteiger partial charge in [-0.05, 0) is 18.1 Å². The van der Waals surface area contributed by atoms with Crippen LogP contribution in [0.5, 0.6) is 0 Å². The third-order valence-corrected chi connectivity index (χ3v) is 2.39. The normalized spacial score (nSPS) is 12.1. The van der Waals surface area contributed by atoms with E-state index in [1.54, 1.807) is 12.1 Å². The van der Waals surface area contributed by atoms with Gasteiger partial charge in [-0.15, -0.1) is 0 Å². The Morgan fingerprint density at radius 2 is 2.00 bits per heavy atom. The molecule has 0 spiro atoms. The SMILES string of the molecule is CCC(C)CNNC(=O)c1ccccc1. The number of rotatable bonds is 5. The second kappa shape index (κ2) is 6.19. The molecule has 0 saturated carbocycles. The first-order valence-electron chi connectivity index (χ1n) is 5.32. The largest absolute Gasteiger partial charge is 0.287 e. The summed E-state index contributed by atoms with van der Waals surface area (Å²) < 4.78 is 0. The molecule has 0 radical (unpaired) electrons. The first-order valence-corrected chi connectivity index (χ1v) is 5.32. The molecule has 1 rings (SSSR count). The monoisotopic (exact) mass is 206 g/mol. The molecule has 0 aliphatic heterocycles. The maximum absolute atomic E-state index is 11.5. The average Bonchev–Trinajstić information content (AvgIpc) is 2.29. The molecule has 0 aromatic heterocycles. The van der Waals surface area contributed by atoms with Crippen LogP contribution in [0.15, 0.2) is 30.3 Å². The molecule has 1 amide bonds. The topological polar surface area (TPSA) is 41.1 Å². The summed E-state index contributed by atoms with van der Waals surface area (Å²) in [6, 6.07) is 9.18. The molecule has 1 atom stereocenters. The lowest BCUT2D eigenvalue weighted by Crippen LogP contribution is -2.39. The van der Waals surface area contributed by atoms with Crippen LogP contribution in [-0.2, 0) is 0 Å². The quantitative estimate of drug-likeness (QED) is 0.723. The number of amides is 1. The zero-order valence-electron chi connectivity index (χ0n) is 9.29. The molecule has 0 heterocycles. The van der Waals surface area contributed by atoms with Gasteiger partial charge in [-0.1, -0.05) is 38.5 Å². The second-order valence-electron chi connectivity index (χ2n) is 3.71. The summed E-state index contributed by atoms with van der Waals surface area (Å²) in [6.45, 7) is 5.07. The van der Waals surface area contributed by atoms with Gasteiger partial charge in [0, 0.05) is 12.1 Å². The van der Waals surface area contributed by atoms with E-state index in [2.05, 4.69) is 24.7 Å². The van der Waals surface area contributed by atoms with Crippen molar-refractivity contribution in [3.05, 3.63) is 35.9 Å². The minimum Gasteiger partial charge on any atom is -0.287 e. The summed E-state index contributed by atoms with van der Waals surface area (Å²) in [5.41, 5.74) is 6.29. The van der Waals surface area contributed by atoms with Crippen molar-refractivity contribution in [3.63, 3.8) is 0 Å². The van der Waals surface area contributed by atoms with E-state index >= 15 is 0 Å². The van der Waals surface area contributed by atoms with Crippen molar-refractivity contribution in [2.45, 2.75) is 20.3 Å².